The lowest BCUT2D eigenvalue weighted by Gasteiger charge is -2.10. The third-order valence-electron chi connectivity index (χ3n) is 4.77. The molecule has 0 fully saturated rings. The Balaban J connectivity index is 1.70. The summed E-state index contributed by atoms with van der Waals surface area (Å²) < 4.78 is 7.21. The number of amides is 1. The summed E-state index contributed by atoms with van der Waals surface area (Å²) >= 11 is 0. The van der Waals surface area contributed by atoms with Gasteiger partial charge in [-0.2, -0.15) is 0 Å². The molecule has 0 aliphatic rings. The van der Waals surface area contributed by atoms with Gasteiger partial charge in [-0.25, -0.2) is 9.78 Å². The maximum absolute atomic E-state index is 12.5. The number of aryl methyl sites for hydroxylation is 2. The standard InChI is InChI=1S/C22H19N3O3/c1-14-5-3-4-6-16(14)18-12-21(26)28-19-11-15(7-8-17(18)19)22(27)24-13-20-23-9-10-25(20)2/h3-12H,13H2,1-2H3,(H,24,27). The van der Waals surface area contributed by atoms with Crippen LogP contribution in [0.25, 0.3) is 22.1 Å². The van der Waals surface area contributed by atoms with Gasteiger partial charge in [-0.1, -0.05) is 24.3 Å². The van der Waals surface area contributed by atoms with E-state index in [1.165, 1.54) is 6.07 Å². The fraction of sp³-hybridized carbons (Fsp3) is 0.136. The Morgan fingerprint density at radius 2 is 1.96 bits per heavy atom. The van der Waals surface area contributed by atoms with Crippen molar-refractivity contribution < 1.29 is 9.21 Å². The van der Waals surface area contributed by atoms with Gasteiger partial charge in [-0.15, -0.1) is 0 Å². The Hall–Kier alpha value is -3.67. The minimum Gasteiger partial charge on any atom is -0.423 e. The van der Waals surface area contributed by atoms with E-state index in [9.17, 15) is 9.59 Å². The van der Waals surface area contributed by atoms with Gasteiger partial charge in [0.05, 0.1) is 6.54 Å². The lowest BCUT2D eigenvalue weighted by Crippen LogP contribution is -2.24. The van der Waals surface area contributed by atoms with Crippen molar-refractivity contribution in [3.05, 3.63) is 88.3 Å². The van der Waals surface area contributed by atoms with Crippen LogP contribution in [0, 0.1) is 6.92 Å². The largest absolute Gasteiger partial charge is 0.423 e. The Morgan fingerprint density at radius 3 is 2.71 bits per heavy atom. The molecule has 6 heteroatoms. The summed E-state index contributed by atoms with van der Waals surface area (Å²) in [4.78, 5) is 28.8. The van der Waals surface area contributed by atoms with Gasteiger partial charge in [0, 0.05) is 42.0 Å². The summed E-state index contributed by atoms with van der Waals surface area (Å²) in [6.45, 7) is 2.31. The summed E-state index contributed by atoms with van der Waals surface area (Å²) in [6.07, 6.45) is 3.50. The summed E-state index contributed by atoms with van der Waals surface area (Å²) in [5.41, 5.74) is 3.18. The van der Waals surface area contributed by atoms with Crippen LogP contribution in [-0.4, -0.2) is 15.5 Å². The molecule has 0 bridgehead atoms. The number of hydrogen-bond donors (Lipinski definition) is 1. The van der Waals surface area contributed by atoms with Gasteiger partial charge in [-0.05, 0) is 36.2 Å². The normalized spacial score (nSPS) is 10.9. The van der Waals surface area contributed by atoms with Crippen molar-refractivity contribution in [3.63, 3.8) is 0 Å². The molecule has 4 aromatic rings. The van der Waals surface area contributed by atoms with E-state index >= 15 is 0 Å². The van der Waals surface area contributed by atoms with Crippen molar-refractivity contribution in [1.82, 2.24) is 14.9 Å². The summed E-state index contributed by atoms with van der Waals surface area (Å²) in [5.74, 6) is 0.497. The predicted molar refractivity (Wildman–Crippen MR) is 107 cm³/mol. The minimum atomic E-state index is -0.448. The zero-order chi connectivity index (χ0) is 19.7. The quantitative estimate of drug-likeness (QED) is 0.556. The maximum Gasteiger partial charge on any atom is 0.336 e. The molecule has 140 valence electrons. The average molecular weight is 373 g/mol. The molecule has 2 aromatic carbocycles. The van der Waals surface area contributed by atoms with Crippen LogP contribution in [0.2, 0.25) is 0 Å². The number of nitrogens with zero attached hydrogens (tertiary/aromatic N) is 2. The average Bonchev–Trinajstić information content (AvgIpc) is 3.10. The van der Waals surface area contributed by atoms with Crippen molar-refractivity contribution in [2.45, 2.75) is 13.5 Å². The van der Waals surface area contributed by atoms with Crippen molar-refractivity contribution in [3.8, 4) is 11.1 Å². The summed E-state index contributed by atoms with van der Waals surface area (Å²) in [6, 6.07) is 14.5. The first-order chi connectivity index (χ1) is 13.5. The zero-order valence-electron chi connectivity index (χ0n) is 15.6. The van der Waals surface area contributed by atoms with Gasteiger partial charge in [0.1, 0.15) is 11.4 Å². The van der Waals surface area contributed by atoms with Crippen molar-refractivity contribution >= 4 is 16.9 Å². The smallest absolute Gasteiger partial charge is 0.336 e. The number of rotatable bonds is 4. The van der Waals surface area contributed by atoms with Gasteiger partial charge < -0.3 is 14.3 Å². The molecular weight excluding hydrogens is 354 g/mol. The Labute approximate surface area is 161 Å². The highest BCUT2D eigenvalue weighted by Gasteiger charge is 2.13. The second-order valence-corrected chi connectivity index (χ2v) is 6.64. The predicted octanol–water partition coefficient (Wildman–Crippen LogP) is 3.43. The lowest BCUT2D eigenvalue weighted by atomic mass is 9.97. The van der Waals surface area contributed by atoms with E-state index in [1.807, 2.05) is 55.1 Å². The number of nitrogens with one attached hydrogen (secondary N) is 1. The molecule has 0 atom stereocenters. The third-order valence-corrected chi connectivity index (χ3v) is 4.77. The van der Waals surface area contributed by atoms with E-state index in [0.29, 0.717) is 17.7 Å². The molecule has 1 N–H and O–H groups in total. The van der Waals surface area contributed by atoms with E-state index in [1.54, 1.807) is 18.3 Å². The number of fused-ring (bicyclic) bond motifs is 1. The Morgan fingerprint density at radius 1 is 1.14 bits per heavy atom. The highest BCUT2D eigenvalue weighted by molar-refractivity contribution is 6.00. The number of carbonyl (C=O) groups is 1. The first kappa shape index (κ1) is 17.7. The fourth-order valence-electron chi connectivity index (χ4n) is 3.23. The van der Waals surface area contributed by atoms with Crippen LogP contribution in [0.4, 0.5) is 0 Å². The molecule has 1 amide bonds. The number of hydrogen-bond acceptors (Lipinski definition) is 4. The molecule has 2 aromatic heterocycles. The van der Waals surface area contributed by atoms with Gasteiger partial charge in [0.25, 0.3) is 5.91 Å². The van der Waals surface area contributed by atoms with E-state index < -0.39 is 5.63 Å². The molecule has 0 aliphatic heterocycles. The summed E-state index contributed by atoms with van der Waals surface area (Å²) in [7, 11) is 1.87. The number of carbonyl (C=O) groups excluding carboxylic acids is 1. The molecule has 0 saturated carbocycles. The van der Waals surface area contributed by atoms with Crippen LogP contribution in [-0.2, 0) is 13.6 Å². The first-order valence-electron chi connectivity index (χ1n) is 8.91. The molecule has 0 saturated heterocycles. The van der Waals surface area contributed by atoms with Crippen molar-refractivity contribution in [2.24, 2.45) is 7.05 Å². The number of benzene rings is 2. The first-order valence-corrected chi connectivity index (χ1v) is 8.91. The second kappa shape index (κ2) is 7.15. The van der Waals surface area contributed by atoms with Gasteiger partial charge >= 0.3 is 5.63 Å². The van der Waals surface area contributed by atoms with Crippen LogP contribution >= 0.6 is 0 Å². The van der Waals surface area contributed by atoms with Crippen LogP contribution < -0.4 is 10.9 Å². The second-order valence-electron chi connectivity index (χ2n) is 6.64. The van der Waals surface area contributed by atoms with Crippen molar-refractivity contribution in [2.75, 3.05) is 0 Å². The molecule has 28 heavy (non-hydrogen) atoms. The molecule has 4 rings (SSSR count). The van der Waals surface area contributed by atoms with E-state index in [4.69, 9.17) is 4.42 Å². The fourth-order valence-corrected chi connectivity index (χ4v) is 3.23. The van der Waals surface area contributed by atoms with Crippen LogP contribution in [0.15, 0.2) is 70.1 Å². The molecule has 0 aliphatic carbocycles. The number of aromatic nitrogens is 2. The van der Waals surface area contributed by atoms with Gasteiger partial charge in [-0.3, -0.25) is 4.79 Å². The monoisotopic (exact) mass is 373 g/mol. The van der Waals surface area contributed by atoms with Gasteiger partial charge in [0.2, 0.25) is 0 Å². The highest BCUT2D eigenvalue weighted by Crippen LogP contribution is 2.30. The minimum absolute atomic E-state index is 0.256. The molecule has 0 unspecified atom stereocenters. The molecular formula is C22H19N3O3. The van der Waals surface area contributed by atoms with E-state index in [-0.39, 0.29) is 5.91 Å². The third kappa shape index (κ3) is 3.32. The Kier molecular flexibility index (Phi) is 4.53. The van der Waals surface area contributed by atoms with Crippen LogP contribution in [0.3, 0.4) is 0 Å². The maximum atomic E-state index is 12.5. The lowest BCUT2D eigenvalue weighted by molar-refractivity contribution is 0.0949. The molecule has 0 spiro atoms. The highest BCUT2D eigenvalue weighted by atomic mass is 16.4. The summed E-state index contributed by atoms with van der Waals surface area (Å²) in [5, 5.41) is 3.62. The van der Waals surface area contributed by atoms with Crippen molar-refractivity contribution in [1.29, 1.82) is 0 Å². The van der Waals surface area contributed by atoms with Crippen LogP contribution in [0.5, 0.6) is 0 Å². The van der Waals surface area contributed by atoms with E-state index in [0.717, 1.165) is 27.9 Å². The SMILES string of the molecule is Cc1ccccc1-c1cc(=O)oc2cc(C(=O)NCc3nccn3C)ccc12. The molecule has 0 radical (unpaired) electrons. The molecule has 2 heterocycles. The van der Waals surface area contributed by atoms with Crippen LogP contribution in [0.1, 0.15) is 21.7 Å². The van der Waals surface area contributed by atoms with E-state index in [2.05, 4.69) is 10.3 Å². The number of imidazole rings is 1. The molecule has 6 nitrogen and oxygen atoms in total. The van der Waals surface area contributed by atoms with Gasteiger partial charge in [0.15, 0.2) is 0 Å². The Bertz CT molecular complexity index is 1240. The topological polar surface area (TPSA) is 77.1 Å². The zero-order valence-corrected chi connectivity index (χ0v) is 15.6.